The molecule has 0 amide bonds. The Labute approximate surface area is 111 Å². The van der Waals surface area contributed by atoms with Crippen LogP contribution in [-0.4, -0.2) is 0 Å². The van der Waals surface area contributed by atoms with Crippen LogP contribution in [-0.2, 0) is 0 Å². The minimum absolute atomic E-state index is 0.108. The summed E-state index contributed by atoms with van der Waals surface area (Å²) in [5.74, 6) is 0. The van der Waals surface area contributed by atoms with Gasteiger partial charge in [-0.1, -0.05) is 55.5 Å². The van der Waals surface area contributed by atoms with Gasteiger partial charge in [-0.3, -0.25) is 0 Å². The minimum Gasteiger partial charge on any atom is -0.399 e. The van der Waals surface area contributed by atoms with Crippen LogP contribution in [0.3, 0.4) is 0 Å². The van der Waals surface area contributed by atoms with E-state index in [1.165, 1.54) is 5.57 Å². The lowest BCUT2D eigenvalue weighted by Crippen LogP contribution is -2.12. The summed E-state index contributed by atoms with van der Waals surface area (Å²) in [6.07, 6.45) is 21.9. The van der Waals surface area contributed by atoms with Crippen LogP contribution in [0.25, 0.3) is 0 Å². The van der Waals surface area contributed by atoms with E-state index in [1.807, 2.05) is 31.2 Å². The second kappa shape index (κ2) is 6.85. The first-order valence-electron chi connectivity index (χ1n) is 6.46. The van der Waals surface area contributed by atoms with Crippen molar-refractivity contribution in [3.8, 4) is 0 Å². The topological polar surface area (TPSA) is 26.0 Å². The molecule has 18 heavy (non-hydrogen) atoms. The highest BCUT2D eigenvalue weighted by atomic mass is 14.6. The van der Waals surface area contributed by atoms with Gasteiger partial charge in [0.15, 0.2) is 0 Å². The zero-order chi connectivity index (χ0) is 13.4. The monoisotopic (exact) mass is 241 g/mol. The molecule has 96 valence electrons. The molecule has 0 aromatic rings. The van der Waals surface area contributed by atoms with Gasteiger partial charge in [-0.15, -0.1) is 0 Å². The van der Waals surface area contributed by atoms with Crippen LogP contribution in [0.15, 0.2) is 72.0 Å². The first kappa shape index (κ1) is 14.3. The lowest BCUT2D eigenvalue weighted by Gasteiger charge is -2.23. The van der Waals surface area contributed by atoms with E-state index in [4.69, 9.17) is 5.73 Å². The smallest absolute Gasteiger partial charge is 0.0311 e. The molecule has 0 saturated carbocycles. The van der Waals surface area contributed by atoms with Gasteiger partial charge in [-0.2, -0.15) is 0 Å². The molecule has 0 radical (unpaired) electrons. The second-order valence-electron chi connectivity index (χ2n) is 4.60. The molecule has 0 bridgehead atoms. The Morgan fingerprint density at radius 2 is 2.17 bits per heavy atom. The summed E-state index contributed by atoms with van der Waals surface area (Å²) in [7, 11) is 0. The van der Waals surface area contributed by atoms with Crippen LogP contribution in [0.2, 0.25) is 0 Å². The van der Waals surface area contributed by atoms with E-state index in [1.54, 1.807) is 0 Å². The molecule has 1 aliphatic carbocycles. The van der Waals surface area contributed by atoms with Gasteiger partial charge >= 0.3 is 0 Å². The average Bonchev–Trinajstić information content (AvgIpc) is 2.52. The molecule has 1 nitrogen and oxygen atoms in total. The molecular weight excluding hydrogens is 218 g/mol. The third-order valence-electron chi connectivity index (χ3n) is 2.98. The third-order valence-corrected chi connectivity index (χ3v) is 2.98. The summed E-state index contributed by atoms with van der Waals surface area (Å²) in [6, 6.07) is 0. The molecule has 0 saturated heterocycles. The molecule has 0 aromatic heterocycles. The van der Waals surface area contributed by atoms with Crippen LogP contribution in [0.5, 0.6) is 0 Å². The van der Waals surface area contributed by atoms with Crippen LogP contribution in [0.4, 0.5) is 0 Å². The van der Waals surface area contributed by atoms with Gasteiger partial charge in [0, 0.05) is 11.1 Å². The van der Waals surface area contributed by atoms with E-state index in [9.17, 15) is 0 Å². The number of hydrogen-bond acceptors (Lipinski definition) is 1. The number of rotatable bonds is 4. The maximum absolute atomic E-state index is 5.83. The normalized spacial score (nSPS) is 24.8. The van der Waals surface area contributed by atoms with Crippen molar-refractivity contribution in [1.29, 1.82) is 0 Å². The first-order valence-corrected chi connectivity index (χ1v) is 6.46. The molecule has 0 spiro atoms. The maximum Gasteiger partial charge on any atom is 0.0311 e. The molecule has 1 unspecified atom stereocenters. The second-order valence-corrected chi connectivity index (χ2v) is 4.60. The fourth-order valence-corrected chi connectivity index (χ4v) is 1.79. The van der Waals surface area contributed by atoms with Crippen molar-refractivity contribution in [3.63, 3.8) is 0 Å². The van der Waals surface area contributed by atoms with Gasteiger partial charge in [0.25, 0.3) is 0 Å². The van der Waals surface area contributed by atoms with Crippen molar-refractivity contribution in [2.75, 3.05) is 0 Å². The summed E-state index contributed by atoms with van der Waals surface area (Å²) in [6.45, 7) is 6.37. The molecular formula is C17H23N. The minimum atomic E-state index is -0.108. The Kier molecular flexibility index (Phi) is 5.44. The Morgan fingerprint density at radius 1 is 1.39 bits per heavy atom. The van der Waals surface area contributed by atoms with Crippen LogP contribution < -0.4 is 5.73 Å². The van der Waals surface area contributed by atoms with Crippen LogP contribution >= 0.6 is 0 Å². The summed E-state index contributed by atoms with van der Waals surface area (Å²) >= 11 is 0. The SMILES string of the molecule is C\C=C/C=C(\C=C/CC)C1(C)C=CC=C(N)C=C1. The highest BCUT2D eigenvalue weighted by Crippen LogP contribution is 2.33. The van der Waals surface area contributed by atoms with Gasteiger partial charge in [-0.05, 0) is 38.0 Å². The van der Waals surface area contributed by atoms with Gasteiger partial charge in [0.05, 0.1) is 0 Å². The predicted octanol–water partition coefficient (Wildman–Crippen LogP) is 4.43. The van der Waals surface area contributed by atoms with Gasteiger partial charge < -0.3 is 5.73 Å². The molecule has 1 atom stereocenters. The van der Waals surface area contributed by atoms with Crippen LogP contribution in [0, 0.1) is 5.41 Å². The van der Waals surface area contributed by atoms with E-state index in [0.29, 0.717) is 0 Å². The quantitative estimate of drug-likeness (QED) is 0.724. The van der Waals surface area contributed by atoms with Crippen molar-refractivity contribution in [2.45, 2.75) is 27.2 Å². The number of nitrogens with two attached hydrogens (primary N) is 1. The standard InChI is InChI=1S/C17H23N/c1-4-6-9-15(10-7-5-2)17(3)13-8-11-16(18)12-14-17/h4,6-14H,5,18H2,1-3H3/b6-4-,10-7-,15-9+. The van der Waals surface area contributed by atoms with E-state index in [2.05, 4.69) is 50.3 Å². The molecule has 0 fully saturated rings. The Balaban J connectivity index is 3.12. The molecule has 2 N–H and O–H groups in total. The molecule has 1 heteroatoms. The molecule has 0 aromatic carbocycles. The lowest BCUT2D eigenvalue weighted by molar-refractivity contribution is 0.681. The zero-order valence-corrected chi connectivity index (χ0v) is 11.6. The maximum atomic E-state index is 5.83. The van der Waals surface area contributed by atoms with Crippen molar-refractivity contribution in [1.82, 2.24) is 0 Å². The highest BCUT2D eigenvalue weighted by molar-refractivity contribution is 5.42. The van der Waals surface area contributed by atoms with Gasteiger partial charge in [-0.25, -0.2) is 0 Å². The summed E-state index contributed by atoms with van der Waals surface area (Å²) in [4.78, 5) is 0. The fraction of sp³-hybridized carbons (Fsp3) is 0.294. The Hall–Kier alpha value is -1.76. The zero-order valence-electron chi connectivity index (χ0n) is 11.6. The largest absolute Gasteiger partial charge is 0.399 e. The average molecular weight is 241 g/mol. The van der Waals surface area contributed by atoms with Crippen molar-refractivity contribution in [2.24, 2.45) is 11.1 Å². The molecule has 1 aliphatic rings. The van der Waals surface area contributed by atoms with Crippen LogP contribution in [0.1, 0.15) is 27.2 Å². The van der Waals surface area contributed by atoms with E-state index in [0.717, 1.165) is 12.1 Å². The van der Waals surface area contributed by atoms with Crippen molar-refractivity contribution >= 4 is 0 Å². The predicted molar refractivity (Wildman–Crippen MR) is 81.0 cm³/mol. The number of hydrogen-bond donors (Lipinski definition) is 1. The first-order chi connectivity index (χ1) is 8.62. The Bertz CT molecular complexity index is 444. The molecule has 0 aliphatic heterocycles. The summed E-state index contributed by atoms with van der Waals surface area (Å²) < 4.78 is 0. The highest BCUT2D eigenvalue weighted by Gasteiger charge is 2.21. The summed E-state index contributed by atoms with van der Waals surface area (Å²) in [5.41, 5.74) is 7.77. The molecule has 0 heterocycles. The van der Waals surface area contributed by atoms with Gasteiger partial charge in [0.1, 0.15) is 0 Å². The molecule has 1 rings (SSSR count). The Morgan fingerprint density at radius 3 is 2.83 bits per heavy atom. The van der Waals surface area contributed by atoms with Crippen molar-refractivity contribution in [3.05, 3.63) is 72.0 Å². The van der Waals surface area contributed by atoms with E-state index in [-0.39, 0.29) is 5.41 Å². The van der Waals surface area contributed by atoms with E-state index < -0.39 is 0 Å². The number of allylic oxidation sites excluding steroid dienone is 11. The van der Waals surface area contributed by atoms with Crippen molar-refractivity contribution < 1.29 is 0 Å². The lowest BCUT2D eigenvalue weighted by atomic mass is 9.80. The fourth-order valence-electron chi connectivity index (χ4n) is 1.79. The summed E-state index contributed by atoms with van der Waals surface area (Å²) in [5, 5.41) is 0. The van der Waals surface area contributed by atoms with E-state index >= 15 is 0 Å². The van der Waals surface area contributed by atoms with Gasteiger partial charge in [0.2, 0.25) is 0 Å². The third kappa shape index (κ3) is 3.92.